The van der Waals surface area contributed by atoms with Crippen LogP contribution in [0.1, 0.15) is 100 Å². The Bertz CT molecular complexity index is 3160. The van der Waals surface area contributed by atoms with E-state index in [9.17, 15) is 0 Å². The summed E-state index contributed by atoms with van der Waals surface area (Å²) in [5, 5.41) is 13.5. The molecule has 0 amide bonds. The van der Waals surface area contributed by atoms with Gasteiger partial charge in [0.1, 0.15) is 0 Å². The maximum Gasteiger partial charge on any atom is 0.00931 e. The van der Waals surface area contributed by atoms with Gasteiger partial charge in [0, 0.05) is 11.8 Å². The van der Waals surface area contributed by atoms with E-state index in [1.165, 1.54) is 105 Å². The first-order chi connectivity index (χ1) is 32.8. The van der Waals surface area contributed by atoms with Crippen LogP contribution < -0.4 is 10.4 Å². The zero-order valence-corrected chi connectivity index (χ0v) is 41.7. The first-order valence-corrected chi connectivity index (χ1v) is 24.8. The molecule has 0 aromatic heterocycles. The Labute approximate surface area is 402 Å². The molecule has 0 N–H and O–H groups in total. The molecule has 1 aliphatic rings. The van der Waals surface area contributed by atoms with E-state index < -0.39 is 0 Å². The van der Waals surface area contributed by atoms with Crippen molar-refractivity contribution in [3.63, 3.8) is 0 Å². The van der Waals surface area contributed by atoms with Crippen molar-refractivity contribution in [2.75, 3.05) is 0 Å². The summed E-state index contributed by atoms with van der Waals surface area (Å²) in [5.41, 5.74) is 9.64. The largest absolute Gasteiger partial charge is 0.0798 e. The number of rotatable bonds is 6. The maximum atomic E-state index is 2.39. The lowest BCUT2D eigenvalue weighted by Gasteiger charge is -2.20. The fourth-order valence-corrected chi connectivity index (χ4v) is 9.09. The molecule has 2 atom stereocenters. The highest BCUT2D eigenvalue weighted by Gasteiger charge is 2.17. The van der Waals surface area contributed by atoms with E-state index in [1.54, 1.807) is 0 Å². The lowest BCUT2D eigenvalue weighted by molar-refractivity contribution is 0.784. The zero-order chi connectivity index (χ0) is 47.5. The monoisotopic (exact) mass is 877 g/mol. The normalized spacial score (nSPS) is 14.2. The number of benzene rings is 9. The van der Waals surface area contributed by atoms with Gasteiger partial charge in [-0.2, -0.15) is 0 Å². The molecular formula is C67H72. The van der Waals surface area contributed by atoms with Crippen LogP contribution in [0.15, 0.2) is 206 Å². The Balaban J connectivity index is 0.000000160. The van der Waals surface area contributed by atoms with Crippen molar-refractivity contribution in [1.82, 2.24) is 0 Å². The van der Waals surface area contributed by atoms with Crippen LogP contribution in [0.2, 0.25) is 0 Å². The predicted octanol–water partition coefficient (Wildman–Crippen LogP) is 17.9. The van der Waals surface area contributed by atoms with Crippen molar-refractivity contribution in [2.45, 2.75) is 93.9 Å². The molecule has 9 aromatic rings. The summed E-state index contributed by atoms with van der Waals surface area (Å²) in [5.74, 6) is 0.869. The Morgan fingerprint density at radius 2 is 0.985 bits per heavy atom. The molecule has 10 rings (SSSR count). The highest BCUT2D eigenvalue weighted by Crippen LogP contribution is 2.37. The number of fused-ring (bicyclic) bond motifs is 6. The van der Waals surface area contributed by atoms with Gasteiger partial charge in [-0.25, -0.2) is 0 Å². The maximum absolute atomic E-state index is 2.39. The van der Waals surface area contributed by atoms with Crippen LogP contribution in [0.3, 0.4) is 0 Å². The van der Waals surface area contributed by atoms with E-state index >= 15 is 0 Å². The standard InChI is InChI=1S/C24H22.C22H22.C15H12.C4H10.C2H6/c1-3-20(18-14-12-17(2)13-15-18)24-16-19-8-4-5-9-21(19)22-10-6-7-11-23(22)24;1-3-19-8-4-6-10-21(19)22-11-7-5-9-20(22)16-18-14-12-17(2)13-15-18;1-11-10-12-6-2-3-8-14(12)15-9-5-4-7-13(11)15;1-3-4-2;1-2/h4-16,20H,3H2,1-2H3;3-15,20H,16H2,1-2H3;2-10H,1H3;3-4H2,1-2H3;1-2H3/b;19-3-,22-21-;;;. The van der Waals surface area contributed by atoms with E-state index in [-0.39, 0.29) is 0 Å². The number of unbranched alkanes of at least 4 members (excludes halogenated alkanes) is 1. The smallest absolute Gasteiger partial charge is 0.00931 e. The first kappa shape index (κ1) is 49.7. The number of hydrogen-bond acceptors (Lipinski definition) is 0. The van der Waals surface area contributed by atoms with E-state index in [2.05, 4.69) is 261 Å². The molecule has 0 radical (unpaired) electrons. The van der Waals surface area contributed by atoms with Gasteiger partial charge in [-0.1, -0.05) is 265 Å². The number of aryl methyl sites for hydroxylation is 3. The SMILES string of the molecule is C/C=c1/cccc/c1=C1\C=CC=CC1Cc1ccc(C)cc1.CC.CCC(c1ccc(C)cc1)c1cc2ccccc2c2ccccc12.CCCC.Cc1cc2ccccc2c2ccccc12. The summed E-state index contributed by atoms with van der Waals surface area (Å²) in [7, 11) is 0. The third kappa shape index (κ3) is 12.6. The van der Waals surface area contributed by atoms with Crippen molar-refractivity contribution in [3.05, 3.63) is 250 Å². The molecule has 0 fully saturated rings. The summed E-state index contributed by atoms with van der Waals surface area (Å²) >= 11 is 0. The second kappa shape index (κ2) is 25.2. The first-order valence-electron chi connectivity index (χ1n) is 24.8. The fraction of sp³-hybridized carbons (Fsp3) is 0.224. The molecule has 1 aliphatic carbocycles. The third-order valence-corrected chi connectivity index (χ3v) is 12.8. The molecule has 2 unspecified atom stereocenters. The van der Waals surface area contributed by atoms with Crippen LogP contribution in [0.4, 0.5) is 0 Å². The quantitative estimate of drug-likeness (QED) is 0.146. The molecule has 0 spiro atoms. The van der Waals surface area contributed by atoms with Gasteiger partial charge in [0.15, 0.2) is 0 Å². The summed E-state index contributed by atoms with van der Waals surface area (Å²) < 4.78 is 0. The van der Waals surface area contributed by atoms with Crippen LogP contribution >= 0.6 is 0 Å². The summed E-state index contributed by atoms with van der Waals surface area (Å²) in [4.78, 5) is 0. The van der Waals surface area contributed by atoms with Crippen LogP contribution in [0, 0.1) is 26.7 Å². The molecule has 0 heteroatoms. The van der Waals surface area contributed by atoms with Gasteiger partial charge in [0.05, 0.1) is 0 Å². The van der Waals surface area contributed by atoms with Crippen LogP contribution in [0.5, 0.6) is 0 Å². The average Bonchev–Trinajstić information content (AvgIpc) is 3.39. The predicted molar refractivity (Wildman–Crippen MR) is 299 cm³/mol. The molecule has 9 aromatic carbocycles. The van der Waals surface area contributed by atoms with Crippen molar-refractivity contribution in [3.8, 4) is 0 Å². The Hall–Kier alpha value is -6.76. The molecule has 0 heterocycles. The van der Waals surface area contributed by atoms with E-state index in [0.717, 1.165) is 12.8 Å². The van der Waals surface area contributed by atoms with Gasteiger partial charge in [-0.3, -0.25) is 0 Å². The molecule has 0 bridgehead atoms. The number of allylic oxidation sites excluding steroid dienone is 4. The third-order valence-electron chi connectivity index (χ3n) is 12.8. The van der Waals surface area contributed by atoms with Crippen molar-refractivity contribution in [1.29, 1.82) is 0 Å². The van der Waals surface area contributed by atoms with Crippen LogP contribution in [-0.4, -0.2) is 0 Å². The molecule has 67 heavy (non-hydrogen) atoms. The second-order valence-electron chi connectivity index (χ2n) is 17.4. The van der Waals surface area contributed by atoms with Crippen LogP contribution in [0.25, 0.3) is 54.7 Å². The van der Waals surface area contributed by atoms with Crippen molar-refractivity contribution in [2.24, 2.45) is 5.92 Å². The molecule has 0 saturated heterocycles. The highest BCUT2D eigenvalue weighted by molar-refractivity contribution is 6.10. The topological polar surface area (TPSA) is 0 Å². The summed E-state index contributed by atoms with van der Waals surface area (Å²) in [6.45, 7) is 19.2. The lowest BCUT2D eigenvalue weighted by atomic mass is 9.84. The number of hydrogen-bond donors (Lipinski definition) is 0. The average molecular weight is 877 g/mol. The van der Waals surface area contributed by atoms with E-state index in [1.807, 2.05) is 13.8 Å². The highest BCUT2D eigenvalue weighted by atomic mass is 14.2. The van der Waals surface area contributed by atoms with Crippen molar-refractivity contribution < 1.29 is 0 Å². The Morgan fingerprint density at radius 1 is 0.493 bits per heavy atom. The molecule has 340 valence electrons. The van der Waals surface area contributed by atoms with E-state index in [0.29, 0.717) is 11.8 Å². The molecular weight excluding hydrogens is 805 g/mol. The zero-order valence-electron chi connectivity index (χ0n) is 41.7. The van der Waals surface area contributed by atoms with Gasteiger partial charge >= 0.3 is 0 Å². The van der Waals surface area contributed by atoms with Crippen molar-refractivity contribution >= 4 is 54.7 Å². The Kier molecular flexibility index (Phi) is 18.7. The molecule has 0 nitrogen and oxygen atoms in total. The summed E-state index contributed by atoms with van der Waals surface area (Å²) in [6.07, 6.45) is 15.9. The van der Waals surface area contributed by atoms with E-state index in [4.69, 9.17) is 0 Å². The summed E-state index contributed by atoms with van der Waals surface area (Å²) in [6, 6.07) is 65.9. The Morgan fingerprint density at radius 3 is 1.57 bits per heavy atom. The minimum absolute atomic E-state index is 0.431. The van der Waals surface area contributed by atoms with Gasteiger partial charge in [-0.05, 0) is 128 Å². The minimum atomic E-state index is 0.431. The van der Waals surface area contributed by atoms with Gasteiger partial charge in [0.2, 0.25) is 0 Å². The van der Waals surface area contributed by atoms with Gasteiger partial charge in [0.25, 0.3) is 0 Å². The lowest BCUT2D eigenvalue weighted by Crippen LogP contribution is -2.28. The van der Waals surface area contributed by atoms with Gasteiger partial charge < -0.3 is 0 Å². The molecule has 0 saturated carbocycles. The molecule has 0 aliphatic heterocycles. The fourth-order valence-electron chi connectivity index (χ4n) is 9.09. The van der Waals surface area contributed by atoms with Gasteiger partial charge in [-0.15, -0.1) is 0 Å². The second-order valence-corrected chi connectivity index (χ2v) is 17.4. The minimum Gasteiger partial charge on any atom is -0.0798 e. The van der Waals surface area contributed by atoms with Crippen LogP contribution in [-0.2, 0) is 6.42 Å².